The topological polar surface area (TPSA) is 67.2 Å². The first-order valence-electron chi connectivity index (χ1n) is 5.21. The number of carbonyl (C=O) groups excluding carboxylic acids is 1. The summed E-state index contributed by atoms with van der Waals surface area (Å²) in [7, 11) is 0. The third-order valence-corrected chi connectivity index (χ3v) is 2.11. The molecule has 0 unspecified atom stereocenters. The third kappa shape index (κ3) is 3.07. The Hall–Kier alpha value is -2.30. The average molecular weight is 231 g/mol. The minimum Gasteiger partial charge on any atom is -0.360 e. The minimum atomic E-state index is -0.0853. The summed E-state index contributed by atoms with van der Waals surface area (Å²) in [5.41, 5.74) is 1.65. The molecule has 2 rings (SSSR count). The number of benzene rings is 1. The van der Waals surface area contributed by atoms with Crippen LogP contribution in [0.1, 0.15) is 12.7 Å². The van der Waals surface area contributed by atoms with Gasteiger partial charge in [0.05, 0.1) is 0 Å². The summed E-state index contributed by atoms with van der Waals surface area (Å²) in [5.74, 6) is 1.33. The summed E-state index contributed by atoms with van der Waals surface area (Å²) >= 11 is 0. The lowest BCUT2D eigenvalue weighted by Crippen LogP contribution is -2.05. The van der Waals surface area contributed by atoms with Gasteiger partial charge < -0.3 is 15.2 Å². The molecule has 0 fully saturated rings. The van der Waals surface area contributed by atoms with Crippen LogP contribution in [0.2, 0.25) is 0 Å². The number of rotatable bonds is 3. The molecule has 0 spiro atoms. The van der Waals surface area contributed by atoms with Gasteiger partial charge in [0.15, 0.2) is 5.82 Å². The van der Waals surface area contributed by atoms with E-state index in [4.69, 9.17) is 4.52 Å². The molecule has 0 saturated carbocycles. The van der Waals surface area contributed by atoms with Gasteiger partial charge in [-0.2, -0.15) is 0 Å². The zero-order valence-corrected chi connectivity index (χ0v) is 9.65. The number of hydrogen-bond donors (Lipinski definition) is 2. The highest BCUT2D eigenvalue weighted by Crippen LogP contribution is 2.18. The van der Waals surface area contributed by atoms with Crippen LogP contribution in [0.15, 0.2) is 34.9 Å². The van der Waals surface area contributed by atoms with E-state index in [-0.39, 0.29) is 5.91 Å². The van der Waals surface area contributed by atoms with Gasteiger partial charge >= 0.3 is 0 Å². The van der Waals surface area contributed by atoms with Crippen LogP contribution in [-0.2, 0) is 4.79 Å². The Morgan fingerprint density at radius 1 is 1.24 bits per heavy atom. The maximum atomic E-state index is 10.8. The predicted octanol–water partition coefficient (Wildman–Crippen LogP) is 2.69. The van der Waals surface area contributed by atoms with E-state index in [0.717, 1.165) is 17.1 Å². The zero-order valence-electron chi connectivity index (χ0n) is 9.65. The molecule has 0 saturated heterocycles. The standard InChI is InChI=1S/C12H13N3O2/c1-8-7-12(15-17-8)14-11-5-3-10(4-6-11)13-9(2)16/h3-7H,1-2H3,(H,13,16)(H,14,15). The molecule has 0 aliphatic rings. The molecular weight excluding hydrogens is 218 g/mol. The minimum absolute atomic E-state index is 0.0853. The maximum Gasteiger partial charge on any atom is 0.221 e. The smallest absolute Gasteiger partial charge is 0.221 e. The summed E-state index contributed by atoms with van der Waals surface area (Å²) in [5, 5.41) is 9.61. The van der Waals surface area contributed by atoms with Gasteiger partial charge in [0.25, 0.3) is 0 Å². The van der Waals surface area contributed by atoms with E-state index in [1.807, 2.05) is 37.3 Å². The quantitative estimate of drug-likeness (QED) is 0.852. The molecule has 0 atom stereocenters. The SMILES string of the molecule is CC(=O)Nc1ccc(Nc2cc(C)on2)cc1. The van der Waals surface area contributed by atoms with Crippen LogP contribution in [0.4, 0.5) is 17.2 Å². The van der Waals surface area contributed by atoms with Crippen molar-refractivity contribution in [1.82, 2.24) is 5.16 Å². The van der Waals surface area contributed by atoms with E-state index in [1.54, 1.807) is 0 Å². The lowest BCUT2D eigenvalue weighted by atomic mass is 10.2. The van der Waals surface area contributed by atoms with Gasteiger partial charge in [-0.3, -0.25) is 4.79 Å². The van der Waals surface area contributed by atoms with Crippen molar-refractivity contribution in [1.29, 1.82) is 0 Å². The van der Waals surface area contributed by atoms with Crippen molar-refractivity contribution >= 4 is 23.1 Å². The molecule has 1 amide bonds. The Bertz CT molecular complexity index is 517. The van der Waals surface area contributed by atoms with Gasteiger partial charge in [-0.1, -0.05) is 5.16 Å². The Morgan fingerprint density at radius 3 is 2.41 bits per heavy atom. The fraction of sp³-hybridized carbons (Fsp3) is 0.167. The lowest BCUT2D eigenvalue weighted by Gasteiger charge is -2.04. The monoisotopic (exact) mass is 231 g/mol. The van der Waals surface area contributed by atoms with Crippen LogP contribution >= 0.6 is 0 Å². The first-order chi connectivity index (χ1) is 8.13. The van der Waals surface area contributed by atoms with Gasteiger partial charge in [-0.15, -0.1) is 0 Å². The normalized spacial score (nSPS) is 10.0. The molecule has 5 nitrogen and oxygen atoms in total. The number of carbonyl (C=O) groups is 1. The van der Waals surface area contributed by atoms with Gasteiger partial charge in [-0.25, -0.2) is 0 Å². The summed E-state index contributed by atoms with van der Waals surface area (Å²) in [4.78, 5) is 10.8. The molecule has 1 aromatic heterocycles. The van der Waals surface area contributed by atoms with E-state index in [1.165, 1.54) is 6.92 Å². The highest BCUT2D eigenvalue weighted by atomic mass is 16.5. The Labute approximate surface area is 98.8 Å². The van der Waals surface area contributed by atoms with Gasteiger partial charge in [0.1, 0.15) is 5.76 Å². The second-order valence-electron chi connectivity index (χ2n) is 3.71. The highest BCUT2D eigenvalue weighted by molar-refractivity contribution is 5.88. The molecule has 1 aromatic carbocycles. The van der Waals surface area contributed by atoms with E-state index in [2.05, 4.69) is 15.8 Å². The van der Waals surface area contributed by atoms with Crippen LogP contribution in [0.3, 0.4) is 0 Å². The van der Waals surface area contributed by atoms with Crippen molar-refractivity contribution in [3.63, 3.8) is 0 Å². The summed E-state index contributed by atoms with van der Waals surface area (Å²) < 4.78 is 4.94. The molecule has 0 radical (unpaired) electrons. The van der Waals surface area contributed by atoms with Crippen molar-refractivity contribution in [3.05, 3.63) is 36.1 Å². The van der Waals surface area contributed by atoms with Crippen molar-refractivity contribution in [3.8, 4) is 0 Å². The average Bonchev–Trinajstić information content (AvgIpc) is 2.66. The fourth-order valence-electron chi connectivity index (χ4n) is 1.41. The van der Waals surface area contributed by atoms with E-state index < -0.39 is 0 Å². The van der Waals surface area contributed by atoms with Gasteiger partial charge in [0.2, 0.25) is 5.91 Å². The van der Waals surface area contributed by atoms with E-state index in [9.17, 15) is 4.79 Å². The number of hydrogen-bond acceptors (Lipinski definition) is 4. The lowest BCUT2D eigenvalue weighted by molar-refractivity contribution is -0.114. The highest BCUT2D eigenvalue weighted by Gasteiger charge is 2.01. The molecule has 1 heterocycles. The van der Waals surface area contributed by atoms with Crippen LogP contribution in [0.5, 0.6) is 0 Å². The summed E-state index contributed by atoms with van der Waals surface area (Å²) in [6.07, 6.45) is 0. The number of anilines is 3. The fourth-order valence-corrected chi connectivity index (χ4v) is 1.41. The van der Waals surface area contributed by atoms with Crippen molar-refractivity contribution in [2.45, 2.75) is 13.8 Å². The first kappa shape index (κ1) is 11.2. The molecule has 0 bridgehead atoms. The van der Waals surface area contributed by atoms with Gasteiger partial charge in [-0.05, 0) is 31.2 Å². The molecule has 2 N–H and O–H groups in total. The number of nitrogens with zero attached hydrogens (tertiary/aromatic N) is 1. The second-order valence-corrected chi connectivity index (χ2v) is 3.71. The molecule has 88 valence electrons. The molecule has 2 aromatic rings. The first-order valence-corrected chi connectivity index (χ1v) is 5.21. The Kier molecular flexibility index (Phi) is 3.09. The zero-order chi connectivity index (χ0) is 12.3. The van der Waals surface area contributed by atoms with Crippen molar-refractivity contribution in [2.75, 3.05) is 10.6 Å². The van der Waals surface area contributed by atoms with Crippen LogP contribution in [0, 0.1) is 6.92 Å². The number of aryl methyl sites for hydroxylation is 1. The van der Waals surface area contributed by atoms with Crippen molar-refractivity contribution < 1.29 is 9.32 Å². The molecule has 0 aliphatic carbocycles. The Balaban J connectivity index is 2.05. The molecular formula is C12H13N3O2. The number of nitrogens with one attached hydrogen (secondary N) is 2. The third-order valence-electron chi connectivity index (χ3n) is 2.11. The number of amides is 1. The van der Waals surface area contributed by atoms with E-state index >= 15 is 0 Å². The van der Waals surface area contributed by atoms with Crippen LogP contribution in [-0.4, -0.2) is 11.1 Å². The second kappa shape index (κ2) is 4.69. The molecule has 5 heteroatoms. The summed E-state index contributed by atoms with van der Waals surface area (Å²) in [6.45, 7) is 3.31. The predicted molar refractivity (Wildman–Crippen MR) is 65.3 cm³/mol. The molecule has 17 heavy (non-hydrogen) atoms. The molecule has 0 aliphatic heterocycles. The summed E-state index contributed by atoms with van der Waals surface area (Å²) in [6, 6.07) is 9.15. The van der Waals surface area contributed by atoms with Crippen molar-refractivity contribution in [2.24, 2.45) is 0 Å². The Morgan fingerprint density at radius 2 is 1.88 bits per heavy atom. The number of aromatic nitrogens is 1. The van der Waals surface area contributed by atoms with Crippen LogP contribution < -0.4 is 10.6 Å². The maximum absolute atomic E-state index is 10.8. The van der Waals surface area contributed by atoms with Gasteiger partial charge in [0, 0.05) is 24.4 Å². The largest absolute Gasteiger partial charge is 0.360 e. The van der Waals surface area contributed by atoms with Crippen LogP contribution in [0.25, 0.3) is 0 Å². The van der Waals surface area contributed by atoms with E-state index in [0.29, 0.717) is 5.82 Å².